The summed E-state index contributed by atoms with van der Waals surface area (Å²) in [5.41, 5.74) is 6.83. The molecule has 0 aliphatic heterocycles. The molecule has 0 amide bonds. The zero-order chi connectivity index (χ0) is 12.0. The van der Waals surface area contributed by atoms with E-state index < -0.39 is 0 Å². The molecule has 0 saturated heterocycles. The Balaban J connectivity index is 2.51. The van der Waals surface area contributed by atoms with Gasteiger partial charge in [-0.1, -0.05) is 0 Å². The molecule has 1 rings (SSSR count). The van der Waals surface area contributed by atoms with E-state index in [9.17, 15) is 0 Å². The summed E-state index contributed by atoms with van der Waals surface area (Å²) in [6, 6.07) is -0.251. The van der Waals surface area contributed by atoms with Gasteiger partial charge in [0.15, 0.2) is 5.75 Å². The van der Waals surface area contributed by atoms with Crippen molar-refractivity contribution in [2.45, 2.75) is 6.04 Å². The Labute approximate surface area is 95.3 Å². The van der Waals surface area contributed by atoms with E-state index in [0.29, 0.717) is 25.6 Å². The minimum absolute atomic E-state index is 0.251. The van der Waals surface area contributed by atoms with Gasteiger partial charge in [-0.05, 0) is 0 Å². The van der Waals surface area contributed by atoms with Crippen molar-refractivity contribution in [1.29, 1.82) is 0 Å². The van der Waals surface area contributed by atoms with Crippen molar-refractivity contribution in [2.75, 3.05) is 34.0 Å². The first-order chi connectivity index (χ1) is 7.70. The van der Waals surface area contributed by atoms with Crippen LogP contribution in [0.1, 0.15) is 11.7 Å². The lowest BCUT2D eigenvalue weighted by Crippen LogP contribution is -2.21. The van der Waals surface area contributed by atoms with Crippen LogP contribution in [-0.2, 0) is 16.5 Å². The SMILES string of the molecule is COCCOCC(N)c1c(OC)cnn1C. The molecule has 0 bridgehead atoms. The van der Waals surface area contributed by atoms with Gasteiger partial charge < -0.3 is 19.9 Å². The van der Waals surface area contributed by atoms with E-state index >= 15 is 0 Å². The number of aryl methyl sites for hydroxylation is 1. The van der Waals surface area contributed by atoms with Gasteiger partial charge in [0, 0.05) is 14.2 Å². The average Bonchev–Trinajstić information content (AvgIpc) is 2.65. The molecular weight excluding hydrogens is 210 g/mol. The Hall–Kier alpha value is -1.11. The third-order valence-corrected chi connectivity index (χ3v) is 2.25. The first-order valence-corrected chi connectivity index (χ1v) is 5.08. The second-order valence-electron chi connectivity index (χ2n) is 3.40. The zero-order valence-electron chi connectivity index (χ0n) is 9.97. The summed E-state index contributed by atoms with van der Waals surface area (Å²) in [4.78, 5) is 0. The number of rotatable bonds is 7. The highest BCUT2D eigenvalue weighted by atomic mass is 16.5. The molecule has 6 heteroatoms. The Morgan fingerprint density at radius 1 is 1.44 bits per heavy atom. The number of methoxy groups -OCH3 is 2. The molecule has 0 aromatic carbocycles. The number of nitrogens with zero attached hydrogens (tertiary/aromatic N) is 2. The molecular formula is C10H19N3O3. The van der Waals surface area contributed by atoms with E-state index in [2.05, 4.69) is 5.10 Å². The van der Waals surface area contributed by atoms with Crippen LogP contribution in [0.3, 0.4) is 0 Å². The molecule has 1 aromatic rings. The molecule has 0 radical (unpaired) electrons. The van der Waals surface area contributed by atoms with Crippen LogP contribution in [0.25, 0.3) is 0 Å². The predicted molar refractivity (Wildman–Crippen MR) is 59.4 cm³/mol. The Bertz CT molecular complexity index is 314. The highest BCUT2D eigenvalue weighted by Gasteiger charge is 2.16. The van der Waals surface area contributed by atoms with Gasteiger partial charge in [0.1, 0.15) is 0 Å². The average molecular weight is 229 g/mol. The van der Waals surface area contributed by atoms with Crippen molar-refractivity contribution in [3.8, 4) is 5.75 Å². The van der Waals surface area contributed by atoms with Crippen LogP contribution < -0.4 is 10.5 Å². The fourth-order valence-corrected chi connectivity index (χ4v) is 1.44. The van der Waals surface area contributed by atoms with E-state index in [4.69, 9.17) is 19.9 Å². The van der Waals surface area contributed by atoms with Crippen molar-refractivity contribution in [3.05, 3.63) is 11.9 Å². The van der Waals surface area contributed by atoms with Gasteiger partial charge in [-0.25, -0.2) is 0 Å². The van der Waals surface area contributed by atoms with Gasteiger partial charge in [-0.2, -0.15) is 5.10 Å². The lowest BCUT2D eigenvalue weighted by molar-refractivity contribution is 0.0624. The maximum absolute atomic E-state index is 5.99. The summed E-state index contributed by atoms with van der Waals surface area (Å²) >= 11 is 0. The summed E-state index contributed by atoms with van der Waals surface area (Å²) in [6.07, 6.45) is 1.64. The van der Waals surface area contributed by atoms with Crippen molar-refractivity contribution >= 4 is 0 Å². The van der Waals surface area contributed by atoms with Crippen molar-refractivity contribution < 1.29 is 14.2 Å². The largest absolute Gasteiger partial charge is 0.493 e. The topological polar surface area (TPSA) is 71.5 Å². The van der Waals surface area contributed by atoms with E-state index in [0.717, 1.165) is 5.69 Å². The molecule has 0 aliphatic rings. The number of ether oxygens (including phenoxy) is 3. The molecule has 0 aliphatic carbocycles. The molecule has 2 N–H and O–H groups in total. The molecule has 1 heterocycles. The first kappa shape index (κ1) is 13.0. The minimum Gasteiger partial charge on any atom is -0.493 e. The second-order valence-corrected chi connectivity index (χ2v) is 3.40. The molecule has 1 unspecified atom stereocenters. The molecule has 6 nitrogen and oxygen atoms in total. The van der Waals surface area contributed by atoms with Gasteiger partial charge in [0.25, 0.3) is 0 Å². The zero-order valence-corrected chi connectivity index (χ0v) is 9.97. The Morgan fingerprint density at radius 3 is 2.81 bits per heavy atom. The molecule has 92 valence electrons. The molecule has 0 saturated carbocycles. The first-order valence-electron chi connectivity index (χ1n) is 5.08. The Kier molecular flexibility index (Phi) is 5.24. The molecule has 1 atom stereocenters. The lowest BCUT2D eigenvalue weighted by Gasteiger charge is -2.14. The van der Waals surface area contributed by atoms with Gasteiger partial charge in [-0.15, -0.1) is 0 Å². The predicted octanol–water partition coefficient (Wildman–Crippen LogP) is 0.0915. The smallest absolute Gasteiger partial charge is 0.161 e. The van der Waals surface area contributed by atoms with Gasteiger partial charge in [0.2, 0.25) is 0 Å². The van der Waals surface area contributed by atoms with Crippen molar-refractivity contribution in [3.63, 3.8) is 0 Å². The minimum atomic E-state index is -0.251. The number of nitrogens with two attached hydrogens (primary N) is 1. The fourth-order valence-electron chi connectivity index (χ4n) is 1.44. The van der Waals surface area contributed by atoms with E-state index in [1.807, 2.05) is 7.05 Å². The van der Waals surface area contributed by atoms with Gasteiger partial charge in [0.05, 0.1) is 44.9 Å². The maximum Gasteiger partial charge on any atom is 0.161 e. The molecule has 1 aromatic heterocycles. The van der Waals surface area contributed by atoms with Gasteiger partial charge in [-0.3, -0.25) is 4.68 Å². The lowest BCUT2D eigenvalue weighted by atomic mass is 10.2. The quantitative estimate of drug-likeness (QED) is 0.671. The third kappa shape index (κ3) is 3.19. The summed E-state index contributed by atoms with van der Waals surface area (Å²) in [5, 5.41) is 4.08. The molecule has 0 spiro atoms. The van der Waals surface area contributed by atoms with Crippen LogP contribution in [0.2, 0.25) is 0 Å². The monoisotopic (exact) mass is 229 g/mol. The normalized spacial score (nSPS) is 12.8. The highest BCUT2D eigenvalue weighted by molar-refractivity contribution is 5.27. The van der Waals surface area contributed by atoms with Crippen LogP contribution in [0.4, 0.5) is 0 Å². The summed E-state index contributed by atoms with van der Waals surface area (Å²) < 4.78 is 17.1. The van der Waals surface area contributed by atoms with Crippen molar-refractivity contribution in [2.24, 2.45) is 12.8 Å². The van der Waals surface area contributed by atoms with Crippen LogP contribution in [0, 0.1) is 0 Å². The fraction of sp³-hybridized carbons (Fsp3) is 0.700. The van der Waals surface area contributed by atoms with Crippen LogP contribution in [0.15, 0.2) is 6.20 Å². The van der Waals surface area contributed by atoms with Gasteiger partial charge >= 0.3 is 0 Å². The van der Waals surface area contributed by atoms with E-state index in [1.165, 1.54) is 0 Å². The van der Waals surface area contributed by atoms with E-state index in [-0.39, 0.29) is 6.04 Å². The van der Waals surface area contributed by atoms with Crippen LogP contribution in [0.5, 0.6) is 5.75 Å². The highest BCUT2D eigenvalue weighted by Crippen LogP contribution is 2.22. The number of hydrogen-bond acceptors (Lipinski definition) is 5. The van der Waals surface area contributed by atoms with Crippen LogP contribution >= 0.6 is 0 Å². The molecule has 16 heavy (non-hydrogen) atoms. The summed E-state index contributed by atoms with van der Waals surface area (Å²) in [5.74, 6) is 0.686. The van der Waals surface area contributed by atoms with E-state index in [1.54, 1.807) is 25.1 Å². The summed E-state index contributed by atoms with van der Waals surface area (Å²) in [6.45, 7) is 1.51. The second kappa shape index (κ2) is 6.47. The van der Waals surface area contributed by atoms with Crippen molar-refractivity contribution in [1.82, 2.24) is 9.78 Å². The third-order valence-electron chi connectivity index (χ3n) is 2.25. The number of hydrogen-bond donors (Lipinski definition) is 1. The van der Waals surface area contributed by atoms with Crippen LogP contribution in [-0.4, -0.2) is 43.8 Å². The standard InChI is InChI=1S/C10H19N3O3/c1-13-10(9(15-3)6-12-13)8(11)7-16-5-4-14-2/h6,8H,4-5,7,11H2,1-3H3. The Morgan fingerprint density at radius 2 is 2.19 bits per heavy atom. The molecule has 0 fully saturated rings. The number of aromatic nitrogens is 2. The summed E-state index contributed by atoms with van der Waals surface area (Å²) in [7, 11) is 5.05. The maximum atomic E-state index is 5.99.